The third-order valence-electron chi connectivity index (χ3n) is 6.17. The highest BCUT2D eigenvalue weighted by atomic mass is 19.4. The van der Waals surface area contributed by atoms with Crippen LogP contribution in [0.4, 0.5) is 18.9 Å². The van der Waals surface area contributed by atoms with Gasteiger partial charge in [0.05, 0.1) is 11.3 Å². The van der Waals surface area contributed by atoms with Crippen LogP contribution in [0.1, 0.15) is 28.2 Å². The average molecular weight is 500 g/mol. The first-order valence-corrected chi connectivity index (χ1v) is 11.8. The maximum absolute atomic E-state index is 13.1. The van der Waals surface area contributed by atoms with E-state index in [9.17, 15) is 22.8 Å². The van der Waals surface area contributed by atoms with Crippen molar-refractivity contribution in [2.24, 2.45) is 0 Å². The van der Waals surface area contributed by atoms with Gasteiger partial charge in [-0.2, -0.15) is 18.3 Å². The number of piperazine rings is 1. The van der Waals surface area contributed by atoms with Crippen LogP contribution in [-0.2, 0) is 6.18 Å². The number of aromatic nitrogens is 2. The number of carbonyl (C=O) groups excluding carboxylic acids is 1. The minimum atomic E-state index is -4.52. The molecule has 0 bridgehead atoms. The number of para-hydroxylation sites is 1. The van der Waals surface area contributed by atoms with Gasteiger partial charge >= 0.3 is 6.18 Å². The summed E-state index contributed by atoms with van der Waals surface area (Å²) >= 11 is 0. The first-order chi connectivity index (χ1) is 17.2. The van der Waals surface area contributed by atoms with Crippen LogP contribution >= 0.6 is 0 Å². The van der Waals surface area contributed by atoms with Crippen molar-refractivity contribution in [3.05, 3.63) is 87.8 Å². The first kappa shape index (κ1) is 25.4. The Hall–Kier alpha value is -3.66. The maximum atomic E-state index is 13.1. The molecule has 1 N–H and O–H groups in total. The molecule has 2 aromatic carbocycles. The molecule has 0 radical (unpaired) electrons. The molecule has 0 saturated carbocycles. The van der Waals surface area contributed by atoms with E-state index in [-0.39, 0.29) is 11.4 Å². The number of nitrogens with zero attached hydrogens (tertiary/aromatic N) is 4. The largest absolute Gasteiger partial charge is 0.416 e. The van der Waals surface area contributed by atoms with Gasteiger partial charge in [-0.15, -0.1) is 0 Å². The summed E-state index contributed by atoms with van der Waals surface area (Å²) in [6.45, 7) is 6.41. The molecule has 190 valence electrons. The van der Waals surface area contributed by atoms with Crippen LogP contribution in [0.25, 0.3) is 5.69 Å². The van der Waals surface area contributed by atoms with Gasteiger partial charge in [0.1, 0.15) is 0 Å². The van der Waals surface area contributed by atoms with Gasteiger partial charge in [-0.05, 0) is 50.2 Å². The molecule has 1 amide bonds. The molecule has 1 aromatic heterocycles. The predicted molar refractivity (Wildman–Crippen MR) is 132 cm³/mol. The van der Waals surface area contributed by atoms with Crippen LogP contribution in [0, 0.1) is 6.92 Å². The van der Waals surface area contributed by atoms with Crippen LogP contribution in [-0.4, -0.2) is 59.9 Å². The van der Waals surface area contributed by atoms with Gasteiger partial charge in [0.2, 0.25) is 5.43 Å². The molecular weight excluding hydrogens is 471 g/mol. The average Bonchev–Trinajstić information content (AvgIpc) is 2.87. The van der Waals surface area contributed by atoms with E-state index >= 15 is 0 Å². The van der Waals surface area contributed by atoms with Crippen LogP contribution in [0.3, 0.4) is 0 Å². The molecule has 2 heterocycles. The van der Waals surface area contributed by atoms with E-state index in [0.717, 1.165) is 44.9 Å². The molecule has 1 fully saturated rings. The third kappa shape index (κ3) is 6.12. The molecule has 1 aliphatic heterocycles. The molecule has 1 aliphatic rings. The van der Waals surface area contributed by atoms with E-state index in [1.54, 1.807) is 6.92 Å². The maximum Gasteiger partial charge on any atom is 0.416 e. The minimum absolute atomic E-state index is 0.117. The number of nitrogens with one attached hydrogen (secondary N) is 1. The van der Waals surface area contributed by atoms with Crippen molar-refractivity contribution in [3.8, 4) is 5.69 Å². The number of anilines is 1. The Labute approximate surface area is 207 Å². The monoisotopic (exact) mass is 499 g/mol. The molecule has 0 atom stereocenters. The summed E-state index contributed by atoms with van der Waals surface area (Å²) in [5.41, 5.74) is -0.113. The molecule has 10 heteroatoms. The lowest BCUT2D eigenvalue weighted by molar-refractivity contribution is -0.137. The second-order valence-corrected chi connectivity index (χ2v) is 8.73. The number of amides is 1. The molecule has 7 nitrogen and oxygen atoms in total. The zero-order valence-electron chi connectivity index (χ0n) is 20.0. The molecule has 4 rings (SSSR count). The Morgan fingerprint density at radius 3 is 2.36 bits per heavy atom. The quantitative estimate of drug-likeness (QED) is 0.504. The van der Waals surface area contributed by atoms with E-state index in [4.69, 9.17) is 0 Å². The van der Waals surface area contributed by atoms with Crippen LogP contribution < -0.4 is 15.6 Å². The number of aryl methyl sites for hydroxylation is 1. The van der Waals surface area contributed by atoms with Gasteiger partial charge in [-0.1, -0.05) is 24.3 Å². The summed E-state index contributed by atoms with van der Waals surface area (Å²) in [7, 11) is 0. The highest BCUT2D eigenvalue weighted by molar-refractivity contribution is 5.92. The number of benzene rings is 2. The summed E-state index contributed by atoms with van der Waals surface area (Å²) in [6.07, 6.45) is -3.82. The van der Waals surface area contributed by atoms with Gasteiger partial charge in [0.15, 0.2) is 5.69 Å². The smallest absolute Gasteiger partial charge is 0.369 e. The highest BCUT2D eigenvalue weighted by Crippen LogP contribution is 2.30. The normalized spacial score (nSPS) is 14.6. The lowest BCUT2D eigenvalue weighted by atomic mass is 10.2. The van der Waals surface area contributed by atoms with Crippen molar-refractivity contribution in [2.75, 3.05) is 44.2 Å². The van der Waals surface area contributed by atoms with Gasteiger partial charge in [-0.25, -0.2) is 4.68 Å². The van der Waals surface area contributed by atoms with Gasteiger partial charge in [0, 0.05) is 50.2 Å². The molecule has 36 heavy (non-hydrogen) atoms. The Bertz CT molecular complexity index is 1250. The van der Waals surface area contributed by atoms with Crippen molar-refractivity contribution in [1.82, 2.24) is 20.0 Å². The molecule has 0 spiro atoms. The summed E-state index contributed by atoms with van der Waals surface area (Å²) in [5, 5.41) is 6.80. The fourth-order valence-corrected chi connectivity index (χ4v) is 4.24. The molecule has 0 aliphatic carbocycles. The fraction of sp³-hybridized carbons (Fsp3) is 0.346. The lowest BCUT2D eigenvalue weighted by Crippen LogP contribution is -2.47. The van der Waals surface area contributed by atoms with Crippen molar-refractivity contribution in [1.29, 1.82) is 0 Å². The predicted octanol–water partition coefficient (Wildman–Crippen LogP) is 3.50. The number of alkyl halides is 3. The van der Waals surface area contributed by atoms with Gasteiger partial charge in [0.25, 0.3) is 5.91 Å². The third-order valence-corrected chi connectivity index (χ3v) is 6.17. The van der Waals surface area contributed by atoms with Crippen LogP contribution in [0.5, 0.6) is 0 Å². The van der Waals surface area contributed by atoms with E-state index in [1.165, 1.54) is 28.6 Å². The van der Waals surface area contributed by atoms with E-state index < -0.39 is 23.1 Å². The van der Waals surface area contributed by atoms with Crippen molar-refractivity contribution < 1.29 is 18.0 Å². The molecule has 3 aromatic rings. The summed E-state index contributed by atoms with van der Waals surface area (Å²) in [4.78, 5) is 29.7. The van der Waals surface area contributed by atoms with Crippen molar-refractivity contribution in [3.63, 3.8) is 0 Å². The SMILES string of the molecule is Cc1cc(=O)c(C(=O)NCCCN2CCN(c3ccccc3)CC2)nn1-c1cccc(C(F)(F)F)c1. The fourth-order valence-electron chi connectivity index (χ4n) is 4.24. The zero-order valence-corrected chi connectivity index (χ0v) is 20.0. The second kappa shape index (κ2) is 10.9. The van der Waals surface area contributed by atoms with Crippen molar-refractivity contribution >= 4 is 11.6 Å². The van der Waals surface area contributed by atoms with Crippen LogP contribution in [0.15, 0.2) is 65.5 Å². The Morgan fingerprint density at radius 2 is 1.67 bits per heavy atom. The number of rotatable bonds is 7. The zero-order chi connectivity index (χ0) is 25.7. The Balaban J connectivity index is 1.32. The summed E-state index contributed by atoms with van der Waals surface area (Å²) in [6, 6.07) is 16.1. The second-order valence-electron chi connectivity index (χ2n) is 8.73. The molecule has 1 saturated heterocycles. The number of hydrogen-bond acceptors (Lipinski definition) is 5. The minimum Gasteiger partial charge on any atom is -0.369 e. The van der Waals surface area contributed by atoms with E-state index in [2.05, 4.69) is 32.3 Å². The first-order valence-electron chi connectivity index (χ1n) is 11.8. The molecule has 0 unspecified atom stereocenters. The number of carbonyl (C=O) groups is 1. The van der Waals surface area contributed by atoms with E-state index in [1.807, 2.05) is 18.2 Å². The van der Waals surface area contributed by atoms with Crippen molar-refractivity contribution in [2.45, 2.75) is 19.5 Å². The molecular formula is C26H28F3N5O2. The van der Waals surface area contributed by atoms with E-state index in [0.29, 0.717) is 18.7 Å². The lowest BCUT2D eigenvalue weighted by Gasteiger charge is -2.36. The summed E-state index contributed by atoms with van der Waals surface area (Å²) in [5.74, 6) is -0.644. The number of halogens is 3. The summed E-state index contributed by atoms with van der Waals surface area (Å²) < 4.78 is 40.5. The Morgan fingerprint density at radius 1 is 0.972 bits per heavy atom. The topological polar surface area (TPSA) is 70.5 Å². The standard InChI is InChI=1S/C26H28F3N5O2/c1-19-17-23(35)24(31-34(19)22-10-5-7-20(18-22)26(27,28)29)25(36)30-11-6-12-32-13-15-33(16-14-32)21-8-3-2-4-9-21/h2-5,7-10,17-18H,6,11-16H2,1H3,(H,30,36). The highest BCUT2D eigenvalue weighted by Gasteiger charge is 2.30. The van der Waals surface area contributed by atoms with Crippen LogP contribution in [0.2, 0.25) is 0 Å². The Kier molecular flexibility index (Phi) is 7.73. The number of hydrogen-bond donors (Lipinski definition) is 1. The van der Waals surface area contributed by atoms with Gasteiger partial charge < -0.3 is 10.2 Å². The van der Waals surface area contributed by atoms with Gasteiger partial charge in [-0.3, -0.25) is 14.5 Å².